The van der Waals surface area contributed by atoms with Crippen LogP contribution in [0.15, 0.2) is 84.9 Å². The molecule has 32 heteroatoms. The Morgan fingerprint density at radius 1 is 0.551 bits per heavy atom. The second kappa shape index (κ2) is 39.0. The van der Waals surface area contributed by atoms with Crippen LogP contribution in [0.3, 0.4) is 0 Å². The minimum absolute atomic E-state index is 0.0526. The predicted molar refractivity (Wildman–Crippen MR) is 323 cm³/mol. The quantitative estimate of drug-likeness (QED) is 0.00775. The van der Waals surface area contributed by atoms with Gasteiger partial charge in [-0.25, -0.2) is 43.2 Å². The number of nitrogens with two attached hydrogens (primary N) is 1. The Bertz CT molecular complexity index is 3080. The van der Waals surface area contributed by atoms with Crippen LogP contribution >= 0.6 is 61.1 Å². The van der Waals surface area contributed by atoms with E-state index in [1.807, 2.05) is 50.7 Å². The topological polar surface area (TPSA) is 273 Å². The van der Waals surface area contributed by atoms with Crippen LogP contribution in [-0.2, 0) is 62.0 Å². The van der Waals surface area contributed by atoms with Gasteiger partial charge in [0.15, 0.2) is 48.4 Å². The maximum Gasteiger partial charge on any atom is 0.285 e. The molecule has 0 saturated carbocycles. The number of halogens is 9. The average Bonchev–Trinajstić information content (AvgIpc) is 2.41. The Kier molecular flexibility index (Phi) is 31.8. The highest BCUT2D eigenvalue weighted by Gasteiger charge is 2.37. The molecule has 0 aliphatic carbocycles. The van der Waals surface area contributed by atoms with Gasteiger partial charge in [0, 0.05) is 44.6 Å². The molecule has 10 rings (SSSR count). The van der Waals surface area contributed by atoms with Crippen LogP contribution < -0.4 is 27.5 Å². The van der Waals surface area contributed by atoms with Crippen LogP contribution in [0, 0.1) is 42.0 Å². The van der Waals surface area contributed by atoms with E-state index < -0.39 is 76.2 Å². The summed E-state index contributed by atoms with van der Waals surface area (Å²) in [6.45, 7) is 5.73. The number of nitrogens with zero attached hydrogens (tertiary/aromatic N) is 1. The second-order valence-corrected chi connectivity index (χ2v) is 21.5. The van der Waals surface area contributed by atoms with Crippen LogP contribution in [0.4, 0.5) is 49.1 Å². The highest BCUT2D eigenvalue weighted by molar-refractivity contribution is 14.1. The van der Waals surface area contributed by atoms with E-state index in [1.54, 1.807) is 36.4 Å². The molecule has 89 heavy (non-hydrogen) atoms. The van der Waals surface area contributed by atoms with E-state index in [1.165, 1.54) is 24.3 Å². The molecule has 0 atom stereocenters. The molecular formula is C57H61BrF6I2N6O17. The van der Waals surface area contributed by atoms with Gasteiger partial charge in [0.25, 0.3) is 23.6 Å². The smallest absolute Gasteiger partial charge is 0.285 e. The molecule has 5 heterocycles. The minimum atomic E-state index is -1.33. The Balaban J connectivity index is 0.000000189. The number of hydrogen-bond acceptors (Lipinski definition) is 20. The SMILES string of the molecule is BrCCC1OCCO1.NOCCC1OCCO1.O=C(NOCCC1OCCO1)c1ccc(F)c(F)c1Nc1ccc(I)cc1F.O=C1c2ccccc2C(=O)N1OCCC1OCCO1.O=CCCONC(=O)c1ccc(F)c(F)c1Nc1ccc(I)cc1F. The van der Waals surface area contributed by atoms with Crippen LogP contribution in [0.1, 0.15) is 73.5 Å². The summed E-state index contributed by atoms with van der Waals surface area (Å²) < 4.78 is 126. The summed E-state index contributed by atoms with van der Waals surface area (Å²) in [6, 6.07) is 18.6. The van der Waals surface area contributed by atoms with Crippen LogP contribution in [-0.4, -0.2) is 145 Å². The molecule has 5 aromatic rings. The van der Waals surface area contributed by atoms with E-state index >= 15 is 0 Å². The lowest BCUT2D eigenvalue weighted by Crippen LogP contribution is -2.31. The van der Waals surface area contributed by atoms with Crippen molar-refractivity contribution in [3.8, 4) is 0 Å². The molecule has 0 unspecified atom stereocenters. The molecule has 4 fully saturated rings. The summed E-state index contributed by atoms with van der Waals surface area (Å²) >= 11 is 7.11. The molecule has 5 aromatic carbocycles. The number of carbonyl (C=O) groups is 5. The third-order valence-corrected chi connectivity index (χ3v) is 13.9. The summed E-state index contributed by atoms with van der Waals surface area (Å²) in [5.74, 6) is -4.13. The van der Waals surface area contributed by atoms with Gasteiger partial charge in [-0.1, -0.05) is 28.1 Å². The summed E-state index contributed by atoms with van der Waals surface area (Å²) in [7, 11) is 0. The molecule has 4 amide bonds. The number of hydrogen-bond donors (Lipinski definition) is 5. The summed E-state index contributed by atoms with van der Waals surface area (Å²) in [4.78, 5) is 77.9. The normalized spacial score (nSPS) is 15.6. The number of carbonyl (C=O) groups excluding carboxylic acids is 5. The fourth-order valence-electron chi connectivity index (χ4n) is 7.85. The minimum Gasteiger partial charge on any atom is -0.350 e. The lowest BCUT2D eigenvalue weighted by atomic mass is 10.1. The van der Waals surface area contributed by atoms with Gasteiger partial charge in [0.1, 0.15) is 17.9 Å². The van der Waals surface area contributed by atoms with Gasteiger partial charge >= 0.3 is 0 Å². The summed E-state index contributed by atoms with van der Waals surface area (Å²) in [5, 5.41) is 6.60. The predicted octanol–water partition coefficient (Wildman–Crippen LogP) is 9.34. The van der Waals surface area contributed by atoms with E-state index in [-0.39, 0.29) is 67.6 Å². The molecule has 484 valence electrons. The fourth-order valence-corrected chi connectivity index (χ4v) is 9.13. The number of fused-ring (bicyclic) bond motifs is 1. The van der Waals surface area contributed by atoms with Crippen molar-refractivity contribution in [3.05, 3.63) is 149 Å². The van der Waals surface area contributed by atoms with E-state index in [0.29, 0.717) is 83.6 Å². The van der Waals surface area contributed by atoms with Crippen LogP contribution in [0.25, 0.3) is 0 Å². The van der Waals surface area contributed by atoms with E-state index in [9.17, 15) is 50.3 Å². The number of hydroxylamine groups is 4. The van der Waals surface area contributed by atoms with Crippen LogP contribution in [0.5, 0.6) is 0 Å². The Morgan fingerprint density at radius 2 is 0.944 bits per heavy atom. The van der Waals surface area contributed by atoms with Gasteiger partial charge < -0.3 is 58.2 Å². The molecule has 0 aromatic heterocycles. The Labute approximate surface area is 541 Å². The van der Waals surface area contributed by atoms with Gasteiger partial charge in [-0.3, -0.25) is 33.7 Å². The number of rotatable bonds is 23. The molecule has 5 aliphatic heterocycles. The highest BCUT2D eigenvalue weighted by Crippen LogP contribution is 2.31. The van der Waals surface area contributed by atoms with Crippen molar-refractivity contribution in [2.75, 3.05) is 95.2 Å². The third kappa shape index (κ3) is 23.3. The average molecular weight is 1550 g/mol. The largest absolute Gasteiger partial charge is 0.350 e. The number of benzene rings is 5. The van der Waals surface area contributed by atoms with Gasteiger partial charge in [-0.2, -0.15) is 0 Å². The molecule has 6 N–H and O–H groups in total. The molecule has 23 nitrogen and oxygen atoms in total. The van der Waals surface area contributed by atoms with Crippen molar-refractivity contribution >= 4 is 114 Å². The molecule has 0 radical (unpaired) electrons. The zero-order valence-electron chi connectivity index (χ0n) is 47.1. The molecule has 4 saturated heterocycles. The fraction of sp³-hybridized carbons (Fsp3) is 0.386. The number of alkyl halides is 1. The lowest BCUT2D eigenvalue weighted by Gasteiger charge is -2.15. The van der Waals surface area contributed by atoms with E-state index in [4.69, 9.17) is 58.3 Å². The van der Waals surface area contributed by atoms with Crippen molar-refractivity contribution < 1.29 is 108 Å². The Morgan fingerprint density at radius 3 is 1.34 bits per heavy atom. The number of anilines is 4. The van der Waals surface area contributed by atoms with Crippen molar-refractivity contribution in [1.82, 2.24) is 16.0 Å². The first-order valence-electron chi connectivity index (χ1n) is 27.1. The number of ether oxygens (including phenoxy) is 8. The zero-order chi connectivity index (χ0) is 64.1. The van der Waals surface area contributed by atoms with Crippen molar-refractivity contribution in [2.24, 2.45) is 5.90 Å². The Hall–Kier alpha value is -5.55. The first kappa shape index (κ1) is 72.5. The second-order valence-electron chi connectivity index (χ2n) is 18.3. The number of amides is 4. The van der Waals surface area contributed by atoms with Crippen molar-refractivity contribution in [3.63, 3.8) is 0 Å². The number of nitrogens with one attached hydrogen (secondary N) is 4. The van der Waals surface area contributed by atoms with Gasteiger partial charge in [-0.05, 0) is 118 Å². The third-order valence-electron chi connectivity index (χ3n) is 12.1. The van der Waals surface area contributed by atoms with E-state index in [0.717, 1.165) is 60.7 Å². The van der Waals surface area contributed by atoms with Crippen molar-refractivity contribution in [1.29, 1.82) is 0 Å². The van der Waals surface area contributed by atoms with Gasteiger partial charge in [-0.15, -0.1) is 5.06 Å². The maximum absolute atomic E-state index is 14.3. The monoisotopic (exact) mass is 1550 g/mol. The number of aldehydes is 1. The lowest BCUT2D eigenvalue weighted by molar-refractivity contribution is -0.120. The molecular weight excluding hydrogens is 1490 g/mol. The molecule has 0 bridgehead atoms. The van der Waals surface area contributed by atoms with Crippen LogP contribution in [0.2, 0.25) is 0 Å². The summed E-state index contributed by atoms with van der Waals surface area (Å²) in [5.41, 5.74) is 3.12. The number of imide groups is 1. The summed E-state index contributed by atoms with van der Waals surface area (Å²) in [6.07, 6.45) is 2.45. The van der Waals surface area contributed by atoms with Crippen molar-refractivity contribution in [2.45, 2.75) is 57.3 Å². The molecule has 0 spiro atoms. The first-order chi connectivity index (χ1) is 43.0. The zero-order valence-corrected chi connectivity index (χ0v) is 53.0. The standard InChI is InChI=1S/C18H16F3IN2O4.C16H12F3IN2O3.C13H13NO5.C5H9BrO2.C5H11NO3/c19-12-3-2-11(18(25)24-28-6-5-15-26-7-8-27-15)17(16(12)21)23-14-4-1-10(22)9-13(14)20;17-11-4-3-10(16(24)22-25-7-1-6-23)15(14(11)19)21-13-5-2-9(20)8-12(13)18;15-12-9-3-1-2-4-10(9)13(16)14(12)19-6-5-11-17-7-8-18-11;6-2-1-5-7-3-4-8-5;6-9-2-1-5-7-3-4-8-5/h1-4,9,15,23H,5-8H2,(H,24,25);2-6,8,21H,1,7H2,(H,22,24);1-4,11H,5-8H2;5H,1-4H2;5H,1-4,6H2. The van der Waals surface area contributed by atoms with Gasteiger partial charge in [0.2, 0.25) is 0 Å². The molecule has 5 aliphatic rings. The van der Waals surface area contributed by atoms with Gasteiger partial charge in [0.05, 0.1) is 124 Å². The van der Waals surface area contributed by atoms with E-state index in [2.05, 4.69) is 36.9 Å². The first-order valence-corrected chi connectivity index (χ1v) is 30.4. The maximum atomic E-state index is 14.3. The highest BCUT2D eigenvalue weighted by atomic mass is 127.